The fraction of sp³-hybridized carbons (Fsp3) is 0.0120. The van der Waals surface area contributed by atoms with Gasteiger partial charge in [-0.3, -0.25) is 9.97 Å². The maximum Gasteiger partial charge on any atom is 0.0939 e. The predicted octanol–water partition coefficient (Wildman–Crippen LogP) is 20.8. The quantitative estimate of drug-likeness (QED) is 0.173. The van der Waals surface area contributed by atoms with Gasteiger partial charge in [0.25, 0.3) is 0 Å². The van der Waals surface area contributed by atoms with E-state index in [9.17, 15) is 0 Å². The second-order valence-electron chi connectivity index (χ2n) is 24.4. The smallest absolute Gasteiger partial charge is 0.0939 e. The minimum Gasteiger partial charge on any atom is -0.309 e. The van der Waals surface area contributed by atoms with E-state index in [0.717, 1.165) is 95.1 Å². The van der Waals surface area contributed by atoms with Gasteiger partial charge in [-0.05, 0) is 132 Å². The molecule has 91 heavy (non-hydrogen) atoms. The molecule has 21 rings (SSSR count). The van der Waals surface area contributed by atoms with E-state index in [1.54, 1.807) is 0 Å². The highest BCUT2D eigenvalue weighted by Gasteiger charge is 2.53. The highest BCUT2D eigenvalue weighted by molar-refractivity contribution is 7.99. The fourth-order valence-corrected chi connectivity index (χ4v) is 17.5. The molecule has 0 fully saturated rings. The van der Waals surface area contributed by atoms with E-state index < -0.39 is 5.41 Å². The first kappa shape index (κ1) is 49.3. The second kappa shape index (κ2) is 18.2. The molecule has 7 aromatic heterocycles. The van der Waals surface area contributed by atoms with E-state index >= 15 is 0 Å². The SMILES string of the molecule is c1ccc2c(c1)c1ccccc1n2-c1ccc2c(c1)C1(c3cc(-n4c5ccccc5c5cc(-n6c7ccccc7c7ccccc76)ccc54)ccc3S2)c2cc(-n3c4ccccc4c4ccccc43)cnc2-c2ncc(-n3c4ccccc4c4ccccc43)cc21. The maximum atomic E-state index is 5.72. The average molecular weight is 1180 g/mol. The first-order valence-corrected chi connectivity index (χ1v) is 31.9. The standard InChI is InChI=1S/C83H49N7S/c1-10-28-69-55(19-1)56-20-2-11-29-70(56)86(69)50-37-40-78-64(43-50)63-27-9-18-36-77(63)88(78)52-39-42-80-66(45-52)83(65-44-51(38-41-79(65)91-80)87-71-30-12-3-21-57(71)58-22-4-13-31-72(58)87)67-46-53(89-73-32-14-5-23-59(73)60-24-6-15-33-74(60)89)48-84-81(67)82-68(83)47-54(49-85-82)90-75-34-16-7-25-61(75)62-26-8-17-35-76(62)90/h1-49H. The summed E-state index contributed by atoms with van der Waals surface area (Å²) >= 11 is 1.86. The summed E-state index contributed by atoms with van der Waals surface area (Å²) in [6, 6.07) is 106. The number of para-hydroxylation sites is 9. The molecule has 0 unspecified atom stereocenters. The number of pyridine rings is 2. The Labute approximate surface area is 525 Å². The molecular formula is C83H49N7S. The van der Waals surface area contributed by atoms with Crippen LogP contribution in [0.5, 0.6) is 0 Å². The molecule has 12 aromatic carbocycles. The lowest BCUT2D eigenvalue weighted by molar-refractivity contribution is 0.716. The molecule has 7 nitrogen and oxygen atoms in total. The van der Waals surface area contributed by atoms with Crippen LogP contribution >= 0.6 is 11.8 Å². The minimum atomic E-state index is -0.975. The number of rotatable bonds is 5. The summed E-state index contributed by atoms with van der Waals surface area (Å²) in [5, 5.41) is 12.1. The van der Waals surface area contributed by atoms with E-state index in [0.29, 0.717) is 0 Å². The van der Waals surface area contributed by atoms with Crippen molar-refractivity contribution in [2.45, 2.75) is 15.2 Å². The lowest BCUT2D eigenvalue weighted by atomic mass is 9.67. The number of hydrogen-bond donors (Lipinski definition) is 0. The van der Waals surface area contributed by atoms with Crippen molar-refractivity contribution in [1.82, 2.24) is 32.8 Å². The van der Waals surface area contributed by atoms with Gasteiger partial charge in [-0.2, -0.15) is 0 Å². The molecule has 2 aliphatic rings. The van der Waals surface area contributed by atoms with Crippen LogP contribution < -0.4 is 0 Å². The van der Waals surface area contributed by atoms with E-state index in [4.69, 9.17) is 9.97 Å². The monoisotopic (exact) mass is 1180 g/mol. The van der Waals surface area contributed by atoms with Crippen LogP contribution in [0.1, 0.15) is 22.3 Å². The van der Waals surface area contributed by atoms with Crippen LogP contribution in [0.2, 0.25) is 0 Å². The van der Waals surface area contributed by atoms with Crippen LogP contribution in [0.4, 0.5) is 0 Å². The van der Waals surface area contributed by atoms with Crippen LogP contribution in [0.25, 0.3) is 149 Å². The van der Waals surface area contributed by atoms with E-state index in [1.165, 1.54) is 85.8 Å². The van der Waals surface area contributed by atoms with Crippen molar-refractivity contribution in [2.24, 2.45) is 0 Å². The van der Waals surface area contributed by atoms with Crippen LogP contribution in [-0.2, 0) is 5.41 Å². The Balaban J connectivity index is 0.884. The molecule has 0 amide bonds. The normalized spacial score (nSPS) is 13.3. The number of nitrogens with zero attached hydrogens (tertiary/aromatic N) is 7. The third kappa shape index (κ3) is 6.52. The Bertz CT molecular complexity index is 6030. The van der Waals surface area contributed by atoms with Crippen molar-refractivity contribution in [3.63, 3.8) is 0 Å². The molecule has 0 N–H and O–H groups in total. The van der Waals surface area contributed by atoms with E-state index in [1.807, 2.05) is 11.8 Å². The molecule has 0 atom stereocenters. The van der Waals surface area contributed by atoms with Crippen molar-refractivity contribution < 1.29 is 0 Å². The number of hydrogen-bond acceptors (Lipinski definition) is 3. The summed E-state index contributed by atoms with van der Waals surface area (Å²) in [4.78, 5) is 13.8. The van der Waals surface area contributed by atoms with E-state index in [2.05, 4.69) is 320 Å². The summed E-state index contributed by atoms with van der Waals surface area (Å²) < 4.78 is 12.2. The largest absolute Gasteiger partial charge is 0.309 e. The zero-order valence-electron chi connectivity index (χ0n) is 48.8. The molecule has 0 saturated heterocycles. The van der Waals surface area contributed by atoms with Crippen molar-refractivity contribution in [3.8, 4) is 39.8 Å². The van der Waals surface area contributed by atoms with Gasteiger partial charge in [0.2, 0.25) is 0 Å². The maximum absolute atomic E-state index is 5.72. The summed E-state index contributed by atoms with van der Waals surface area (Å²) in [6.45, 7) is 0. The molecule has 1 aliphatic heterocycles. The van der Waals surface area contributed by atoms with Gasteiger partial charge in [0, 0.05) is 91.8 Å². The van der Waals surface area contributed by atoms with Gasteiger partial charge in [0.15, 0.2) is 0 Å². The van der Waals surface area contributed by atoms with Gasteiger partial charge in [-0.25, -0.2) is 0 Å². The fourth-order valence-electron chi connectivity index (χ4n) is 16.3. The molecule has 19 aromatic rings. The molecule has 0 radical (unpaired) electrons. The van der Waals surface area contributed by atoms with Crippen LogP contribution in [0.15, 0.2) is 307 Å². The minimum absolute atomic E-state index is 0.874. The van der Waals surface area contributed by atoms with Gasteiger partial charge >= 0.3 is 0 Å². The average Bonchev–Trinajstić information content (AvgIpc) is 1.60. The summed E-state index contributed by atoms with van der Waals surface area (Å²) in [7, 11) is 0. The molecule has 0 bridgehead atoms. The molecule has 8 heterocycles. The lowest BCUT2D eigenvalue weighted by Crippen LogP contribution is -2.33. The second-order valence-corrected chi connectivity index (χ2v) is 25.5. The zero-order valence-corrected chi connectivity index (χ0v) is 49.6. The number of fused-ring (bicyclic) bond motifs is 24. The molecule has 8 heteroatoms. The summed E-state index contributed by atoms with van der Waals surface area (Å²) in [5.74, 6) is 0. The van der Waals surface area contributed by atoms with Crippen molar-refractivity contribution in [3.05, 3.63) is 320 Å². The highest BCUT2D eigenvalue weighted by Crippen LogP contribution is 2.63. The van der Waals surface area contributed by atoms with E-state index in [-0.39, 0.29) is 0 Å². The first-order chi connectivity index (χ1) is 45.2. The van der Waals surface area contributed by atoms with Gasteiger partial charge in [0.05, 0.1) is 95.7 Å². The van der Waals surface area contributed by atoms with Crippen molar-refractivity contribution in [2.75, 3.05) is 0 Å². The third-order valence-electron chi connectivity index (χ3n) is 20.0. The first-order valence-electron chi connectivity index (χ1n) is 31.1. The summed E-state index contributed by atoms with van der Waals surface area (Å²) in [6.07, 6.45) is 4.16. The molecule has 422 valence electrons. The Morgan fingerprint density at radius 3 is 0.780 bits per heavy atom. The van der Waals surface area contributed by atoms with Gasteiger partial charge in [-0.15, -0.1) is 0 Å². The molecule has 1 aliphatic carbocycles. The van der Waals surface area contributed by atoms with Crippen molar-refractivity contribution in [1.29, 1.82) is 0 Å². The van der Waals surface area contributed by atoms with Crippen LogP contribution in [0, 0.1) is 0 Å². The molecule has 1 spiro atoms. The molecule has 0 saturated carbocycles. The number of benzene rings is 12. The summed E-state index contributed by atoms with van der Waals surface area (Å²) in [5.41, 5.74) is 22.1. The lowest BCUT2D eigenvalue weighted by Gasteiger charge is -2.40. The predicted molar refractivity (Wildman–Crippen MR) is 375 cm³/mol. The Morgan fingerprint density at radius 1 is 0.220 bits per heavy atom. The Morgan fingerprint density at radius 2 is 0.462 bits per heavy atom. The third-order valence-corrected chi connectivity index (χ3v) is 21.2. The van der Waals surface area contributed by atoms with Gasteiger partial charge in [-0.1, -0.05) is 176 Å². The zero-order chi connectivity index (χ0) is 59.2. The van der Waals surface area contributed by atoms with Crippen molar-refractivity contribution >= 4 is 121 Å². The topological polar surface area (TPSA) is 50.4 Å². The van der Waals surface area contributed by atoms with Gasteiger partial charge < -0.3 is 22.8 Å². The molecular weight excluding hydrogens is 1130 g/mol. The van der Waals surface area contributed by atoms with Crippen LogP contribution in [-0.4, -0.2) is 32.8 Å². The van der Waals surface area contributed by atoms with Crippen LogP contribution in [0.3, 0.4) is 0 Å². The Kier molecular flexibility index (Phi) is 9.86. The highest BCUT2D eigenvalue weighted by atomic mass is 32.2. The Hall–Kier alpha value is -11.7. The number of aromatic nitrogens is 7. The van der Waals surface area contributed by atoms with Gasteiger partial charge in [0.1, 0.15) is 0 Å².